The van der Waals surface area contributed by atoms with Crippen LogP contribution in [0, 0.1) is 5.92 Å². The van der Waals surface area contributed by atoms with E-state index in [-0.39, 0.29) is 5.60 Å². The van der Waals surface area contributed by atoms with Gasteiger partial charge in [0.25, 0.3) is 0 Å². The van der Waals surface area contributed by atoms with Gasteiger partial charge in [-0.05, 0) is 43.7 Å². The highest BCUT2D eigenvalue weighted by atomic mass is 16.5. The van der Waals surface area contributed by atoms with Gasteiger partial charge in [-0.15, -0.1) is 0 Å². The Kier molecular flexibility index (Phi) is 4.72. The number of hydrogen-bond acceptors (Lipinski definition) is 3. The van der Waals surface area contributed by atoms with Crippen LogP contribution in [0.2, 0.25) is 0 Å². The van der Waals surface area contributed by atoms with Crippen molar-refractivity contribution in [3.05, 3.63) is 30.1 Å². The van der Waals surface area contributed by atoms with Crippen molar-refractivity contribution in [1.29, 1.82) is 0 Å². The van der Waals surface area contributed by atoms with E-state index in [1.807, 2.05) is 24.4 Å². The molecule has 0 saturated heterocycles. The fourth-order valence-electron chi connectivity index (χ4n) is 2.61. The number of nitrogens with two attached hydrogens (primary N) is 1. The van der Waals surface area contributed by atoms with Gasteiger partial charge in [0.2, 0.25) is 0 Å². The zero-order valence-corrected chi connectivity index (χ0v) is 11.3. The molecule has 3 nitrogen and oxygen atoms in total. The molecule has 0 spiro atoms. The summed E-state index contributed by atoms with van der Waals surface area (Å²) in [5.41, 5.74) is 6.95. The van der Waals surface area contributed by atoms with Crippen molar-refractivity contribution in [3.8, 4) is 0 Å². The summed E-state index contributed by atoms with van der Waals surface area (Å²) in [6.45, 7) is 3.68. The van der Waals surface area contributed by atoms with E-state index in [1.165, 1.54) is 12.8 Å². The highest BCUT2D eigenvalue weighted by Crippen LogP contribution is 2.34. The van der Waals surface area contributed by atoms with E-state index < -0.39 is 0 Å². The van der Waals surface area contributed by atoms with Gasteiger partial charge < -0.3 is 10.5 Å². The first kappa shape index (κ1) is 13.5. The second-order valence-corrected chi connectivity index (χ2v) is 5.49. The molecule has 18 heavy (non-hydrogen) atoms. The minimum atomic E-state index is -0.0682. The number of aromatic nitrogens is 1. The fraction of sp³-hybridized carbons (Fsp3) is 0.667. The van der Waals surface area contributed by atoms with E-state index >= 15 is 0 Å². The van der Waals surface area contributed by atoms with Crippen molar-refractivity contribution in [2.24, 2.45) is 11.7 Å². The third-order valence-corrected chi connectivity index (χ3v) is 4.05. The summed E-state index contributed by atoms with van der Waals surface area (Å²) in [7, 11) is 0. The van der Waals surface area contributed by atoms with Crippen LogP contribution in [0.1, 0.15) is 38.3 Å². The molecule has 1 aromatic rings. The molecule has 0 atom stereocenters. The molecule has 1 aromatic heterocycles. The summed E-state index contributed by atoms with van der Waals surface area (Å²) in [5, 5.41) is 0. The molecule has 1 aliphatic rings. The van der Waals surface area contributed by atoms with Crippen LogP contribution in [-0.4, -0.2) is 23.7 Å². The van der Waals surface area contributed by atoms with Crippen LogP contribution in [0.25, 0.3) is 0 Å². The van der Waals surface area contributed by atoms with Crippen LogP contribution in [0.4, 0.5) is 0 Å². The summed E-state index contributed by atoms with van der Waals surface area (Å²) in [5.74, 6) is 0.823. The van der Waals surface area contributed by atoms with Crippen molar-refractivity contribution in [2.75, 3.05) is 13.2 Å². The van der Waals surface area contributed by atoms with E-state index in [0.29, 0.717) is 6.54 Å². The van der Waals surface area contributed by atoms with E-state index in [4.69, 9.17) is 10.5 Å². The van der Waals surface area contributed by atoms with Crippen molar-refractivity contribution >= 4 is 0 Å². The zero-order chi connectivity index (χ0) is 12.8. The first-order valence-corrected chi connectivity index (χ1v) is 6.98. The summed E-state index contributed by atoms with van der Waals surface area (Å²) < 4.78 is 6.11. The molecule has 0 amide bonds. The van der Waals surface area contributed by atoms with Crippen LogP contribution in [0.3, 0.4) is 0 Å². The SMILES string of the molecule is CC1CCC(CN)(OCCc2ccccn2)CC1. The number of pyridine rings is 1. The first-order chi connectivity index (χ1) is 8.74. The van der Waals surface area contributed by atoms with E-state index in [9.17, 15) is 0 Å². The minimum Gasteiger partial charge on any atom is -0.373 e. The summed E-state index contributed by atoms with van der Waals surface area (Å²) >= 11 is 0. The highest BCUT2D eigenvalue weighted by molar-refractivity contribution is 5.03. The van der Waals surface area contributed by atoms with Gasteiger partial charge in [-0.2, -0.15) is 0 Å². The lowest BCUT2D eigenvalue weighted by Gasteiger charge is -2.38. The largest absolute Gasteiger partial charge is 0.373 e. The molecule has 1 saturated carbocycles. The van der Waals surface area contributed by atoms with Gasteiger partial charge in [-0.1, -0.05) is 13.0 Å². The number of hydrogen-bond donors (Lipinski definition) is 1. The third-order valence-electron chi connectivity index (χ3n) is 4.05. The molecule has 0 bridgehead atoms. The first-order valence-electron chi connectivity index (χ1n) is 6.98. The minimum absolute atomic E-state index is 0.0682. The Bertz CT molecular complexity index is 345. The van der Waals surface area contributed by atoms with Crippen LogP contribution in [0.15, 0.2) is 24.4 Å². The van der Waals surface area contributed by atoms with Gasteiger partial charge in [-0.3, -0.25) is 4.98 Å². The van der Waals surface area contributed by atoms with Crippen LogP contribution < -0.4 is 5.73 Å². The van der Waals surface area contributed by atoms with Gasteiger partial charge in [0.05, 0.1) is 12.2 Å². The normalized spacial score (nSPS) is 28.2. The second kappa shape index (κ2) is 6.30. The van der Waals surface area contributed by atoms with Gasteiger partial charge in [0, 0.05) is 24.9 Å². The Balaban J connectivity index is 1.81. The van der Waals surface area contributed by atoms with E-state index in [1.54, 1.807) is 0 Å². The van der Waals surface area contributed by atoms with Crippen LogP contribution in [-0.2, 0) is 11.2 Å². The lowest BCUT2D eigenvalue weighted by molar-refractivity contribution is -0.0689. The maximum Gasteiger partial charge on any atom is 0.0804 e. The molecule has 0 unspecified atom stereocenters. The monoisotopic (exact) mass is 248 g/mol. The Labute approximate surface area is 110 Å². The lowest BCUT2D eigenvalue weighted by atomic mass is 9.79. The molecular weight excluding hydrogens is 224 g/mol. The van der Waals surface area contributed by atoms with Crippen LogP contribution in [0.5, 0.6) is 0 Å². The van der Waals surface area contributed by atoms with Crippen molar-refractivity contribution < 1.29 is 4.74 Å². The Morgan fingerprint density at radius 1 is 1.39 bits per heavy atom. The summed E-state index contributed by atoms with van der Waals surface area (Å²) in [6, 6.07) is 6.00. The maximum atomic E-state index is 6.11. The predicted octanol–water partition coefficient (Wildman–Crippen LogP) is 2.55. The van der Waals surface area contributed by atoms with Crippen molar-refractivity contribution in [1.82, 2.24) is 4.98 Å². The van der Waals surface area contributed by atoms with Gasteiger partial charge in [0.1, 0.15) is 0 Å². The number of ether oxygens (including phenoxy) is 1. The van der Waals surface area contributed by atoms with Crippen molar-refractivity contribution in [2.45, 2.75) is 44.6 Å². The molecular formula is C15H24N2O. The number of nitrogens with zero attached hydrogens (tertiary/aromatic N) is 1. The topological polar surface area (TPSA) is 48.1 Å². The molecule has 2 N–H and O–H groups in total. The summed E-state index contributed by atoms with van der Waals surface area (Å²) in [6.07, 6.45) is 7.38. The van der Waals surface area contributed by atoms with Crippen molar-refractivity contribution in [3.63, 3.8) is 0 Å². The molecule has 1 fully saturated rings. The molecule has 0 aliphatic heterocycles. The average molecular weight is 248 g/mol. The average Bonchev–Trinajstić information content (AvgIpc) is 2.43. The summed E-state index contributed by atoms with van der Waals surface area (Å²) in [4.78, 5) is 4.31. The Hall–Kier alpha value is -0.930. The molecule has 2 rings (SSSR count). The van der Waals surface area contributed by atoms with E-state index in [2.05, 4.69) is 11.9 Å². The lowest BCUT2D eigenvalue weighted by Crippen LogP contribution is -2.44. The molecule has 1 aliphatic carbocycles. The molecule has 100 valence electrons. The standard InChI is InChI=1S/C15H24N2O/c1-13-5-8-15(12-16,9-6-13)18-11-7-14-4-2-3-10-17-14/h2-4,10,13H,5-9,11-12,16H2,1H3. The van der Waals surface area contributed by atoms with Crippen LogP contribution >= 0.6 is 0 Å². The quantitative estimate of drug-likeness (QED) is 0.871. The predicted molar refractivity (Wildman–Crippen MR) is 73.3 cm³/mol. The second-order valence-electron chi connectivity index (χ2n) is 5.49. The smallest absolute Gasteiger partial charge is 0.0804 e. The Morgan fingerprint density at radius 3 is 2.78 bits per heavy atom. The van der Waals surface area contributed by atoms with Gasteiger partial charge in [-0.25, -0.2) is 0 Å². The molecule has 0 radical (unpaired) electrons. The third kappa shape index (κ3) is 3.53. The molecule has 3 heteroatoms. The van der Waals surface area contributed by atoms with Gasteiger partial charge in [0.15, 0.2) is 0 Å². The Morgan fingerprint density at radius 2 is 2.17 bits per heavy atom. The highest BCUT2D eigenvalue weighted by Gasteiger charge is 2.33. The van der Waals surface area contributed by atoms with Gasteiger partial charge >= 0.3 is 0 Å². The van der Waals surface area contributed by atoms with E-state index in [0.717, 1.165) is 37.5 Å². The molecule has 1 heterocycles. The maximum absolute atomic E-state index is 6.11. The zero-order valence-electron chi connectivity index (χ0n) is 11.3. The molecule has 0 aromatic carbocycles. The fourth-order valence-corrected chi connectivity index (χ4v) is 2.61. The number of rotatable bonds is 5.